The smallest absolute Gasteiger partial charge is 0.347 e. The number of rotatable bonds is 6. The third kappa shape index (κ3) is 4.01. The fourth-order valence-corrected chi connectivity index (χ4v) is 2.65. The van der Waals surface area contributed by atoms with Crippen LogP contribution in [-0.2, 0) is 0 Å². The van der Waals surface area contributed by atoms with Crippen LogP contribution in [0.2, 0.25) is 0 Å². The Morgan fingerprint density at radius 1 is 0.786 bits per heavy atom. The van der Waals surface area contributed by atoms with Crippen LogP contribution < -0.4 is 14.2 Å². The second kappa shape index (κ2) is 8.35. The summed E-state index contributed by atoms with van der Waals surface area (Å²) >= 11 is 0. The molecule has 0 radical (unpaired) electrons. The van der Waals surface area contributed by atoms with E-state index in [1.807, 2.05) is 0 Å². The van der Waals surface area contributed by atoms with Gasteiger partial charge < -0.3 is 14.2 Å². The molecule has 0 heterocycles. The summed E-state index contributed by atoms with van der Waals surface area (Å²) in [5, 5.41) is 0. The van der Waals surface area contributed by atoms with E-state index in [9.17, 15) is 14.0 Å². The van der Waals surface area contributed by atoms with E-state index in [-0.39, 0.29) is 22.8 Å². The standard InChI is InChI=1S/C22H17FO5/c1-26-19-5-3-4-18(21(19)27-2)22(25)28-17-12-8-15(9-13-17)20(24)14-6-10-16(23)11-7-14/h3-13H,1-2H3. The van der Waals surface area contributed by atoms with Gasteiger partial charge in [0.25, 0.3) is 0 Å². The van der Waals surface area contributed by atoms with E-state index in [0.29, 0.717) is 16.9 Å². The number of carbonyl (C=O) groups excluding carboxylic acids is 2. The number of ketones is 1. The average Bonchev–Trinajstić information content (AvgIpc) is 2.73. The van der Waals surface area contributed by atoms with Gasteiger partial charge in [-0.25, -0.2) is 9.18 Å². The predicted octanol–water partition coefficient (Wildman–Crippen LogP) is 4.29. The lowest BCUT2D eigenvalue weighted by molar-refractivity contribution is 0.0730. The van der Waals surface area contributed by atoms with Crippen molar-refractivity contribution in [3.63, 3.8) is 0 Å². The van der Waals surface area contributed by atoms with Crippen LogP contribution in [0.3, 0.4) is 0 Å². The molecule has 0 saturated heterocycles. The van der Waals surface area contributed by atoms with Crippen LogP contribution in [0.5, 0.6) is 17.2 Å². The van der Waals surface area contributed by atoms with E-state index < -0.39 is 11.8 Å². The summed E-state index contributed by atoms with van der Waals surface area (Å²) in [6, 6.07) is 16.3. The molecule has 0 aliphatic carbocycles. The zero-order valence-corrected chi connectivity index (χ0v) is 15.3. The van der Waals surface area contributed by atoms with Crippen molar-refractivity contribution in [2.24, 2.45) is 0 Å². The Morgan fingerprint density at radius 2 is 1.39 bits per heavy atom. The van der Waals surface area contributed by atoms with Crippen LogP contribution in [0, 0.1) is 5.82 Å². The van der Waals surface area contributed by atoms with E-state index in [0.717, 1.165) is 0 Å². The van der Waals surface area contributed by atoms with Crippen molar-refractivity contribution in [1.82, 2.24) is 0 Å². The van der Waals surface area contributed by atoms with E-state index in [2.05, 4.69) is 0 Å². The molecule has 0 aliphatic rings. The molecule has 3 aromatic rings. The summed E-state index contributed by atoms with van der Waals surface area (Å²) in [5.74, 6) is -0.326. The van der Waals surface area contributed by atoms with Crippen LogP contribution >= 0.6 is 0 Å². The van der Waals surface area contributed by atoms with E-state index in [4.69, 9.17) is 14.2 Å². The minimum absolute atomic E-state index is 0.216. The van der Waals surface area contributed by atoms with E-state index >= 15 is 0 Å². The number of carbonyl (C=O) groups is 2. The molecule has 0 N–H and O–H groups in total. The van der Waals surface area contributed by atoms with Gasteiger partial charge in [-0.15, -0.1) is 0 Å². The van der Waals surface area contributed by atoms with Gasteiger partial charge in [-0.2, -0.15) is 0 Å². The molecule has 6 heteroatoms. The molecule has 0 atom stereocenters. The van der Waals surface area contributed by atoms with Crippen molar-refractivity contribution >= 4 is 11.8 Å². The molecule has 3 rings (SSSR count). The molecule has 0 bridgehead atoms. The van der Waals surface area contributed by atoms with Gasteiger partial charge in [0, 0.05) is 11.1 Å². The number of ether oxygens (including phenoxy) is 3. The van der Waals surface area contributed by atoms with Crippen molar-refractivity contribution in [3.05, 3.63) is 89.2 Å². The number of benzene rings is 3. The van der Waals surface area contributed by atoms with Crippen molar-refractivity contribution in [2.75, 3.05) is 14.2 Å². The van der Waals surface area contributed by atoms with Crippen LogP contribution in [0.25, 0.3) is 0 Å². The average molecular weight is 380 g/mol. The maximum atomic E-state index is 13.0. The predicted molar refractivity (Wildman–Crippen MR) is 101 cm³/mol. The number of esters is 1. The largest absolute Gasteiger partial charge is 0.493 e. The quantitative estimate of drug-likeness (QED) is 0.363. The highest BCUT2D eigenvalue weighted by atomic mass is 19.1. The molecular weight excluding hydrogens is 363 g/mol. The van der Waals surface area contributed by atoms with Crippen molar-refractivity contribution < 1.29 is 28.2 Å². The van der Waals surface area contributed by atoms with E-state index in [1.54, 1.807) is 18.2 Å². The summed E-state index contributed by atoms with van der Waals surface area (Å²) in [6.07, 6.45) is 0. The molecule has 0 saturated carbocycles. The van der Waals surface area contributed by atoms with Crippen molar-refractivity contribution in [1.29, 1.82) is 0 Å². The number of para-hydroxylation sites is 1. The number of methoxy groups -OCH3 is 2. The Morgan fingerprint density at radius 3 is 1.96 bits per heavy atom. The third-order valence-corrected chi connectivity index (χ3v) is 4.06. The van der Waals surface area contributed by atoms with Crippen LogP contribution in [-0.4, -0.2) is 26.0 Å². The van der Waals surface area contributed by atoms with Gasteiger partial charge in [-0.1, -0.05) is 6.07 Å². The maximum Gasteiger partial charge on any atom is 0.347 e. The Balaban J connectivity index is 1.77. The first-order chi connectivity index (χ1) is 13.5. The van der Waals surface area contributed by atoms with Crippen molar-refractivity contribution in [3.8, 4) is 17.2 Å². The maximum absolute atomic E-state index is 13.0. The third-order valence-electron chi connectivity index (χ3n) is 4.06. The fourth-order valence-electron chi connectivity index (χ4n) is 2.65. The summed E-state index contributed by atoms with van der Waals surface area (Å²) in [6.45, 7) is 0. The van der Waals surface area contributed by atoms with Gasteiger partial charge in [-0.05, 0) is 60.7 Å². The topological polar surface area (TPSA) is 61.8 Å². The Hall–Kier alpha value is -3.67. The van der Waals surface area contributed by atoms with Crippen LogP contribution in [0.15, 0.2) is 66.7 Å². The molecule has 0 spiro atoms. The number of halogens is 1. The molecule has 28 heavy (non-hydrogen) atoms. The van der Waals surface area contributed by atoms with Crippen LogP contribution in [0.1, 0.15) is 26.3 Å². The van der Waals surface area contributed by atoms with Gasteiger partial charge in [0.2, 0.25) is 0 Å². The van der Waals surface area contributed by atoms with E-state index in [1.165, 1.54) is 62.8 Å². The summed E-state index contributed by atoms with van der Waals surface area (Å²) in [4.78, 5) is 24.9. The van der Waals surface area contributed by atoms with Crippen LogP contribution in [0.4, 0.5) is 4.39 Å². The minimum Gasteiger partial charge on any atom is -0.493 e. The first-order valence-electron chi connectivity index (χ1n) is 8.37. The first-order valence-corrected chi connectivity index (χ1v) is 8.37. The normalized spacial score (nSPS) is 10.2. The second-order valence-corrected chi connectivity index (χ2v) is 5.79. The molecule has 0 aromatic heterocycles. The molecule has 0 fully saturated rings. The first kappa shape index (κ1) is 19.1. The summed E-state index contributed by atoms with van der Waals surface area (Å²) < 4.78 is 28.8. The Kier molecular flexibility index (Phi) is 5.69. The highest BCUT2D eigenvalue weighted by Gasteiger charge is 2.18. The fraction of sp³-hybridized carbons (Fsp3) is 0.0909. The molecular formula is C22H17FO5. The van der Waals surface area contributed by atoms with Gasteiger partial charge >= 0.3 is 5.97 Å². The van der Waals surface area contributed by atoms with Gasteiger partial charge in [-0.3, -0.25) is 4.79 Å². The number of hydrogen-bond donors (Lipinski definition) is 0. The molecule has 0 unspecified atom stereocenters. The molecule has 0 aliphatic heterocycles. The van der Waals surface area contributed by atoms with Gasteiger partial charge in [0.1, 0.15) is 17.1 Å². The minimum atomic E-state index is -0.617. The zero-order chi connectivity index (χ0) is 20.1. The molecule has 0 amide bonds. The number of hydrogen-bond acceptors (Lipinski definition) is 5. The SMILES string of the molecule is COc1cccc(C(=O)Oc2ccc(C(=O)c3ccc(F)cc3)cc2)c1OC. The Bertz CT molecular complexity index is 994. The lowest BCUT2D eigenvalue weighted by atomic mass is 10.0. The summed E-state index contributed by atoms with van der Waals surface area (Å²) in [7, 11) is 2.91. The monoisotopic (exact) mass is 380 g/mol. The highest BCUT2D eigenvalue weighted by Crippen LogP contribution is 2.31. The Labute approximate surface area is 161 Å². The summed E-state index contributed by atoms with van der Waals surface area (Å²) in [5.41, 5.74) is 0.978. The van der Waals surface area contributed by atoms with Gasteiger partial charge in [0.05, 0.1) is 14.2 Å². The molecule has 142 valence electrons. The van der Waals surface area contributed by atoms with Gasteiger partial charge in [0.15, 0.2) is 17.3 Å². The molecule has 3 aromatic carbocycles. The zero-order valence-electron chi connectivity index (χ0n) is 15.3. The lowest BCUT2D eigenvalue weighted by Crippen LogP contribution is -2.11. The lowest BCUT2D eigenvalue weighted by Gasteiger charge is -2.12. The highest BCUT2D eigenvalue weighted by molar-refractivity contribution is 6.09. The van der Waals surface area contributed by atoms with Crippen molar-refractivity contribution in [2.45, 2.75) is 0 Å². The second-order valence-electron chi connectivity index (χ2n) is 5.79. The molecule has 5 nitrogen and oxygen atoms in total.